The Bertz CT molecular complexity index is 2350. The molecule has 2 aliphatic heterocycles. The second kappa shape index (κ2) is 12.7. The Morgan fingerprint density at radius 3 is 2.25 bits per heavy atom. The van der Waals surface area contributed by atoms with Crippen molar-refractivity contribution in [2.24, 2.45) is 5.92 Å². The molecule has 1 saturated heterocycles. The molecule has 6 atom stereocenters. The second-order valence-electron chi connectivity index (χ2n) is 15.9. The molecule has 53 heavy (non-hydrogen) atoms. The largest absolute Gasteiger partial charge is 0.322 e. The van der Waals surface area contributed by atoms with Gasteiger partial charge in [0.15, 0.2) is 0 Å². The van der Waals surface area contributed by atoms with Crippen molar-refractivity contribution >= 4 is 22.7 Å². The average molecular weight is 695 g/mol. The highest BCUT2D eigenvalue weighted by Crippen LogP contribution is 2.54. The van der Waals surface area contributed by atoms with E-state index in [0.29, 0.717) is 36.1 Å². The number of nitrogens with zero attached hydrogens (tertiary/aromatic N) is 5. The van der Waals surface area contributed by atoms with Crippen LogP contribution < -0.4 is 10.2 Å². The van der Waals surface area contributed by atoms with Crippen LogP contribution >= 0.6 is 0 Å². The minimum Gasteiger partial charge on any atom is -0.322 e. The van der Waals surface area contributed by atoms with E-state index in [4.69, 9.17) is 9.97 Å². The topological polar surface area (TPSA) is 50.9 Å². The fraction of sp³-hybridized carbons (Fsp3) is 0.319. The molecule has 264 valence electrons. The summed E-state index contributed by atoms with van der Waals surface area (Å²) in [5.41, 5.74) is 10.9. The lowest BCUT2D eigenvalue weighted by Crippen LogP contribution is -2.53. The molecule has 5 aliphatic rings. The molecule has 4 aromatic carbocycles. The van der Waals surface area contributed by atoms with Crippen LogP contribution in [0.5, 0.6) is 0 Å². The number of benzene rings is 4. The van der Waals surface area contributed by atoms with Gasteiger partial charge in [-0.05, 0) is 74.6 Å². The van der Waals surface area contributed by atoms with Crippen LogP contribution in [0.3, 0.4) is 0 Å². The van der Waals surface area contributed by atoms with E-state index < -0.39 is 0 Å². The van der Waals surface area contributed by atoms with Crippen molar-refractivity contribution in [3.05, 3.63) is 133 Å². The van der Waals surface area contributed by atoms with Gasteiger partial charge in [-0.3, -0.25) is 9.88 Å². The first-order chi connectivity index (χ1) is 26.3. The van der Waals surface area contributed by atoms with Crippen molar-refractivity contribution in [2.45, 2.75) is 88.0 Å². The van der Waals surface area contributed by atoms with Crippen LogP contribution in [0, 0.1) is 5.92 Å². The number of imidazole rings is 2. The first-order valence-corrected chi connectivity index (χ1v) is 20.0. The van der Waals surface area contributed by atoms with E-state index >= 15 is 0 Å². The number of nitrogens with one attached hydrogen (secondary N) is 1. The quantitative estimate of drug-likeness (QED) is 0.195. The van der Waals surface area contributed by atoms with Gasteiger partial charge in [-0.2, -0.15) is 0 Å². The summed E-state index contributed by atoms with van der Waals surface area (Å²) < 4.78 is 5.06. The molecule has 2 aromatic heterocycles. The molecule has 0 bridgehead atoms. The molecule has 6 nitrogen and oxygen atoms in total. The first kappa shape index (κ1) is 31.3. The number of fused-ring (bicyclic) bond motifs is 9. The lowest BCUT2D eigenvalue weighted by atomic mass is 9.73. The van der Waals surface area contributed by atoms with Crippen LogP contribution in [0.2, 0.25) is 0 Å². The van der Waals surface area contributed by atoms with Gasteiger partial charge in [-0.15, -0.1) is 0 Å². The fourth-order valence-electron chi connectivity index (χ4n) is 10.6. The number of anilines is 1. The Balaban J connectivity index is 0.997. The van der Waals surface area contributed by atoms with Crippen molar-refractivity contribution in [3.8, 4) is 33.9 Å². The molecular weight excluding hydrogens is 649 g/mol. The SMILES string of the molecule is C1=CC(n2c(-c3ccc(C4CCC5C6NC7CCCCC7N6c6nc(-c7ccccc7)c(-c7ccccc7)n6C5C4)cc3)nc3ccccc32)=CCC1. The summed E-state index contributed by atoms with van der Waals surface area (Å²) in [6, 6.07) is 41.4. The molecule has 0 spiro atoms. The third-order valence-electron chi connectivity index (χ3n) is 13.0. The van der Waals surface area contributed by atoms with Gasteiger partial charge in [0.1, 0.15) is 5.82 Å². The van der Waals surface area contributed by atoms with Gasteiger partial charge < -0.3 is 9.47 Å². The Hall–Kier alpha value is -5.20. The predicted molar refractivity (Wildman–Crippen MR) is 215 cm³/mol. The zero-order valence-electron chi connectivity index (χ0n) is 30.2. The van der Waals surface area contributed by atoms with Gasteiger partial charge in [0.2, 0.25) is 5.95 Å². The van der Waals surface area contributed by atoms with Crippen molar-refractivity contribution in [1.82, 2.24) is 24.4 Å². The lowest BCUT2D eigenvalue weighted by molar-refractivity contribution is 0.159. The zero-order valence-corrected chi connectivity index (χ0v) is 30.2. The minimum absolute atomic E-state index is 0.342. The number of hydrogen-bond donors (Lipinski definition) is 1. The van der Waals surface area contributed by atoms with E-state index in [2.05, 4.69) is 147 Å². The molecule has 6 aromatic rings. The Morgan fingerprint density at radius 1 is 0.660 bits per heavy atom. The zero-order chi connectivity index (χ0) is 34.9. The fourth-order valence-corrected chi connectivity index (χ4v) is 10.6. The summed E-state index contributed by atoms with van der Waals surface area (Å²) in [5, 5.41) is 4.22. The predicted octanol–water partition coefficient (Wildman–Crippen LogP) is 10.6. The smallest absolute Gasteiger partial charge is 0.208 e. The molecule has 0 amide bonds. The van der Waals surface area contributed by atoms with Crippen LogP contribution in [-0.2, 0) is 0 Å². The van der Waals surface area contributed by atoms with E-state index in [1.807, 2.05) is 0 Å². The van der Waals surface area contributed by atoms with E-state index in [1.54, 1.807) is 0 Å². The number of aromatic nitrogens is 4. The molecule has 3 fully saturated rings. The highest BCUT2D eigenvalue weighted by atomic mass is 15.5. The third-order valence-corrected chi connectivity index (χ3v) is 13.0. The number of rotatable bonds is 5. The van der Waals surface area contributed by atoms with Gasteiger partial charge in [0, 0.05) is 46.4 Å². The summed E-state index contributed by atoms with van der Waals surface area (Å²) in [5.74, 6) is 3.20. The molecule has 3 aliphatic carbocycles. The van der Waals surface area contributed by atoms with Crippen LogP contribution in [0.1, 0.15) is 75.3 Å². The highest BCUT2D eigenvalue weighted by molar-refractivity contribution is 5.87. The van der Waals surface area contributed by atoms with E-state index in [-0.39, 0.29) is 0 Å². The number of allylic oxidation sites excluding steroid dienone is 4. The maximum atomic E-state index is 5.66. The molecule has 0 radical (unpaired) electrons. The molecular formula is C47H46N6. The highest BCUT2D eigenvalue weighted by Gasteiger charge is 2.54. The van der Waals surface area contributed by atoms with Gasteiger partial charge in [-0.25, -0.2) is 9.97 Å². The van der Waals surface area contributed by atoms with Gasteiger partial charge >= 0.3 is 0 Å². The van der Waals surface area contributed by atoms with Crippen LogP contribution in [0.4, 0.5) is 5.95 Å². The van der Waals surface area contributed by atoms with Gasteiger partial charge in [0.05, 0.1) is 28.6 Å². The van der Waals surface area contributed by atoms with Crippen LogP contribution in [0.15, 0.2) is 127 Å². The average Bonchev–Trinajstić information content (AvgIpc) is 3.94. The monoisotopic (exact) mass is 694 g/mol. The standard InChI is InChI=1S/C47H46N6/c1-4-14-32(15-5-1)43-44(33-16-6-2-7-17-33)52-42-30-35(28-29-37(42)46-49-39-21-11-13-23-41(39)53(46)47(52)50-43)31-24-26-34(27-25-31)45-48-38-20-10-12-22-40(38)51(45)36-18-8-3-9-19-36/h1-2,4-8,10,12,14-20,22,24-27,35,37,39,41-42,46,49H,3,9,11,13,21,23,28-30H2. The summed E-state index contributed by atoms with van der Waals surface area (Å²) in [4.78, 5) is 13.6. The van der Waals surface area contributed by atoms with Gasteiger partial charge in [-0.1, -0.05) is 122 Å². The third kappa shape index (κ3) is 5.09. The summed E-state index contributed by atoms with van der Waals surface area (Å²) in [6.07, 6.45) is 18.0. The minimum atomic E-state index is 0.342. The second-order valence-corrected chi connectivity index (χ2v) is 15.9. The maximum Gasteiger partial charge on any atom is 0.208 e. The van der Waals surface area contributed by atoms with E-state index in [0.717, 1.165) is 41.8 Å². The lowest BCUT2D eigenvalue weighted by Gasteiger charge is -2.49. The maximum absolute atomic E-state index is 5.66. The van der Waals surface area contributed by atoms with E-state index in [9.17, 15) is 0 Å². The first-order valence-electron chi connectivity index (χ1n) is 20.0. The van der Waals surface area contributed by atoms with Crippen molar-refractivity contribution < 1.29 is 0 Å². The van der Waals surface area contributed by atoms with Crippen molar-refractivity contribution in [3.63, 3.8) is 0 Å². The van der Waals surface area contributed by atoms with Crippen LogP contribution in [0.25, 0.3) is 50.6 Å². The summed E-state index contributed by atoms with van der Waals surface area (Å²) in [6.45, 7) is 0. The molecule has 2 saturated carbocycles. The molecule has 6 heteroatoms. The molecule has 4 heterocycles. The van der Waals surface area contributed by atoms with Crippen molar-refractivity contribution in [1.29, 1.82) is 0 Å². The van der Waals surface area contributed by atoms with E-state index in [1.165, 1.54) is 78.1 Å². The van der Waals surface area contributed by atoms with Crippen LogP contribution in [-0.4, -0.2) is 37.4 Å². The molecule has 6 unspecified atom stereocenters. The van der Waals surface area contributed by atoms with Crippen molar-refractivity contribution in [2.75, 3.05) is 4.90 Å². The summed E-state index contributed by atoms with van der Waals surface area (Å²) in [7, 11) is 0. The molecule has 11 rings (SSSR count). The Morgan fingerprint density at radius 2 is 1.43 bits per heavy atom. The summed E-state index contributed by atoms with van der Waals surface area (Å²) >= 11 is 0. The Labute approximate surface area is 311 Å². The Kier molecular flexibility index (Phi) is 7.53. The molecule has 1 N–H and O–H groups in total. The normalized spacial score (nSPS) is 26.1. The number of para-hydroxylation sites is 2. The van der Waals surface area contributed by atoms with Gasteiger partial charge in [0.25, 0.3) is 0 Å². The number of hydrogen-bond acceptors (Lipinski definition) is 4.